The molecule has 3 nitrogen and oxygen atoms in total. The molecule has 1 aromatic carbocycles. The largest absolute Gasteiger partial charge is 0.497 e. The molecule has 1 saturated heterocycles. The number of hydrogen-bond acceptors (Lipinski definition) is 3. The Morgan fingerprint density at radius 3 is 3.00 bits per heavy atom. The zero-order chi connectivity index (χ0) is 13.0. The second-order valence-electron chi connectivity index (χ2n) is 5.21. The van der Waals surface area contributed by atoms with Crippen molar-refractivity contribution in [2.45, 2.75) is 25.8 Å². The molecule has 1 heterocycles. The third-order valence-corrected chi connectivity index (χ3v) is 3.92. The van der Waals surface area contributed by atoms with Crippen LogP contribution in [-0.4, -0.2) is 31.6 Å². The van der Waals surface area contributed by atoms with Gasteiger partial charge < -0.3 is 15.4 Å². The molecular weight excluding hydrogens is 224 g/mol. The van der Waals surface area contributed by atoms with E-state index in [0.29, 0.717) is 0 Å². The van der Waals surface area contributed by atoms with Gasteiger partial charge in [0.2, 0.25) is 0 Å². The van der Waals surface area contributed by atoms with Crippen LogP contribution >= 0.6 is 0 Å². The van der Waals surface area contributed by atoms with E-state index in [-0.39, 0.29) is 6.04 Å². The van der Waals surface area contributed by atoms with Gasteiger partial charge in [0.15, 0.2) is 0 Å². The van der Waals surface area contributed by atoms with Gasteiger partial charge in [0.1, 0.15) is 5.75 Å². The van der Waals surface area contributed by atoms with Gasteiger partial charge in [0.05, 0.1) is 7.11 Å². The van der Waals surface area contributed by atoms with Crippen molar-refractivity contribution in [3.05, 3.63) is 29.8 Å². The zero-order valence-electron chi connectivity index (χ0n) is 11.4. The van der Waals surface area contributed by atoms with Gasteiger partial charge in [-0.1, -0.05) is 25.5 Å². The molecule has 0 aromatic heterocycles. The molecule has 100 valence electrons. The third-order valence-electron chi connectivity index (χ3n) is 3.92. The number of hydrogen-bond donors (Lipinski definition) is 1. The first-order valence-electron chi connectivity index (χ1n) is 6.84. The highest BCUT2D eigenvalue weighted by atomic mass is 16.5. The van der Waals surface area contributed by atoms with Crippen molar-refractivity contribution in [1.29, 1.82) is 0 Å². The molecule has 1 aromatic rings. The molecule has 0 bridgehead atoms. The predicted molar refractivity (Wildman–Crippen MR) is 74.8 cm³/mol. The van der Waals surface area contributed by atoms with Gasteiger partial charge in [-0.25, -0.2) is 0 Å². The number of methoxy groups -OCH3 is 1. The molecular formula is C15H24N2O. The highest BCUT2D eigenvalue weighted by Crippen LogP contribution is 2.23. The molecule has 2 rings (SSSR count). The molecule has 2 atom stereocenters. The standard InChI is InChI=1S/C15H24N2O/c1-3-12-7-8-17(10-12)11-15(16)13-5-4-6-14(9-13)18-2/h4-6,9,12,15H,3,7-8,10-11,16H2,1-2H3. The second kappa shape index (κ2) is 6.21. The van der Waals surface area contributed by atoms with Crippen LogP contribution < -0.4 is 10.5 Å². The maximum absolute atomic E-state index is 6.29. The van der Waals surface area contributed by atoms with Crippen LogP contribution in [0.1, 0.15) is 31.4 Å². The summed E-state index contributed by atoms with van der Waals surface area (Å²) in [4.78, 5) is 2.48. The molecule has 3 heteroatoms. The summed E-state index contributed by atoms with van der Waals surface area (Å²) in [5, 5.41) is 0. The van der Waals surface area contributed by atoms with Crippen LogP contribution in [-0.2, 0) is 0 Å². The Kier molecular flexibility index (Phi) is 4.61. The highest BCUT2D eigenvalue weighted by molar-refractivity contribution is 5.30. The lowest BCUT2D eigenvalue weighted by molar-refractivity contribution is 0.302. The molecule has 1 aliphatic rings. The maximum atomic E-state index is 6.29. The van der Waals surface area contributed by atoms with Crippen molar-refractivity contribution in [2.24, 2.45) is 11.7 Å². The summed E-state index contributed by atoms with van der Waals surface area (Å²) >= 11 is 0. The van der Waals surface area contributed by atoms with Crippen LogP contribution in [0.4, 0.5) is 0 Å². The lowest BCUT2D eigenvalue weighted by atomic mass is 10.1. The Hall–Kier alpha value is -1.06. The Morgan fingerprint density at radius 1 is 1.50 bits per heavy atom. The van der Waals surface area contributed by atoms with E-state index >= 15 is 0 Å². The fourth-order valence-electron chi connectivity index (χ4n) is 2.67. The van der Waals surface area contributed by atoms with E-state index in [0.717, 1.165) is 23.8 Å². The molecule has 0 saturated carbocycles. The lowest BCUT2D eigenvalue weighted by Crippen LogP contribution is -2.30. The van der Waals surface area contributed by atoms with Gasteiger partial charge in [-0.15, -0.1) is 0 Å². The predicted octanol–water partition coefficient (Wildman–Crippen LogP) is 2.43. The van der Waals surface area contributed by atoms with Crippen LogP contribution in [0.5, 0.6) is 5.75 Å². The molecule has 2 N–H and O–H groups in total. The van der Waals surface area contributed by atoms with Crippen molar-refractivity contribution in [2.75, 3.05) is 26.7 Å². The Bertz CT molecular complexity index is 381. The summed E-state index contributed by atoms with van der Waals surface area (Å²) in [7, 11) is 1.69. The normalized spacial score (nSPS) is 22.1. The molecule has 0 radical (unpaired) electrons. The van der Waals surface area contributed by atoms with Crippen molar-refractivity contribution in [3.63, 3.8) is 0 Å². The summed E-state index contributed by atoms with van der Waals surface area (Å²) in [6.07, 6.45) is 2.60. The second-order valence-corrected chi connectivity index (χ2v) is 5.21. The van der Waals surface area contributed by atoms with Crippen LogP contribution in [0.3, 0.4) is 0 Å². The Labute approximate surface area is 110 Å². The van der Waals surface area contributed by atoms with Crippen molar-refractivity contribution in [3.8, 4) is 5.75 Å². The summed E-state index contributed by atoms with van der Waals surface area (Å²) in [5.41, 5.74) is 7.45. The average Bonchev–Trinajstić information content (AvgIpc) is 2.86. The van der Waals surface area contributed by atoms with Gasteiger partial charge in [0.25, 0.3) is 0 Å². The van der Waals surface area contributed by atoms with Crippen molar-refractivity contribution >= 4 is 0 Å². The maximum Gasteiger partial charge on any atom is 0.119 e. The topological polar surface area (TPSA) is 38.5 Å². The van der Waals surface area contributed by atoms with Crippen LogP contribution in [0.25, 0.3) is 0 Å². The van der Waals surface area contributed by atoms with E-state index < -0.39 is 0 Å². The van der Waals surface area contributed by atoms with E-state index in [2.05, 4.69) is 17.9 Å². The molecule has 0 aliphatic carbocycles. The summed E-state index contributed by atoms with van der Waals surface area (Å²) < 4.78 is 5.24. The molecule has 0 spiro atoms. The van der Waals surface area contributed by atoms with E-state index in [4.69, 9.17) is 10.5 Å². The van der Waals surface area contributed by atoms with E-state index in [9.17, 15) is 0 Å². The quantitative estimate of drug-likeness (QED) is 0.869. The lowest BCUT2D eigenvalue weighted by Gasteiger charge is -2.21. The van der Waals surface area contributed by atoms with Gasteiger partial charge >= 0.3 is 0 Å². The van der Waals surface area contributed by atoms with E-state index in [1.807, 2.05) is 18.2 Å². The minimum atomic E-state index is 0.0794. The SMILES string of the molecule is CCC1CCN(CC(N)c2cccc(OC)c2)C1. The highest BCUT2D eigenvalue weighted by Gasteiger charge is 2.22. The van der Waals surface area contributed by atoms with Crippen molar-refractivity contribution < 1.29 is 4.74 Å². The number of likely N-dealkylation sites (tertiary alicyclic amines) is 1. The van der Waals surface area contributed by atoms with E-state index in [1.54, 1.807) is 7.11 Å². The number of nitrogens with two attached hydrogens (primary N) is 1. The third kappa shape index (κ3) is 3.24. The van der Waals surface area contributed by atoms with Crippen LogP contribution in [0, 0.1) is 5.92 Å². The first-order chi connectivity index (χ1) is 8.72. The number of ether oxygens (including phenoxy) is 1. The minimum absolute atomic E-state index is 0.0794. The zero-order valence-corrected chi connectivity index (χ0v) is 11.4. The Morgan fingerprint density at radius 2 is 2.33 bits per heavy atom. The fourth-order valence-corrected chi connectivity index (χ4v) is 2.67. The van der Waals surface area contributed by atoms with Crippen molar-refractivity contribution in [1.82, 2.24) is 4.90 Å². The number of rotatable bonds is 5. The molecule has 1 fully saturated rings. The number of benzene rings is 1. The molecule has 1 aliphatic heterocycles. The monoisotopic (exact) mass is 248 g/mol. The molecule has 18 heavy (non-hydrogen) atoms. The minimum Gasteiger partial charge on any atom is -0.497 e. The van der Waals surface area contributed by atoms with Gasteiger partial charge in [-0.2, -0.15) is 0 Å². The number of nitrogens with zero attached hydrogens (tertiary/aromatic N) is 1. The summed E-state index contributed by atoms with van der Waals surface area (Å²) in [5.74, 6) is 1.75. The molecule has 2 unspecified atom stereocenters. The van der Waals surface area contributed by atoms with Crippen LogP contribution in [0.2, 0.25) is 0 Å². The van der Waals surface area contributed by atoms with Gasteiger partial charge in [-0.05, 0) is 36.6 Å². The Balaban J connectivity index is 1.93. The summed E-state index contributed by atoms with van der Waals surface area (Å²) in [6.45, 7) is 5.62. The van der Waals surface area contributed by atoms with Crippen LogP contribution in [0.15, 0.2) is 24.3 Å². The van der Waals surface area contributed by atoms with Gasteiger partial charge in [0, 0.05) is 19.1 Å². The first-order valence-corrected chi connectivity index (χ1v) is 6.84. The van der Waals surface area contributed by atoms with E-state index in [1.165, 1.54) is 25.9 Å². The average molecular weight is 248 g/mol. The smallest absolute Gasteiger partial charge is 0.119 e. The first kappa shape index (κ1) is 13.4. The van der Waals surface area contributed by atoms with Gasteiger partial charge in [-0.3, -0.25) is 0 Å². The summed E-state index contributed by atoms with van der Waals surface area (Å²) in [6, 6.07) is 8.17. The molecule has 0 amide bonds. The fraction of sp³-hybridized carbons (Fsp3) is 0.600.